The molecule has 1 aromatic carbocycles. The average molecular weight is 307 g/mol. The third-order valence-electron chi connectivity index (χ3n) is 2.79. The van der Waals surface area contributed by atoms with Crippen LogP contribution >= 0.6 is 0 Å². The Kier molecular flexibility index (Phi) is 6.35. The molecule has 0 aliphatic heterocycles. The minimum atomic E-state index is -4.62. The van der Waals surface area contributed by atoms with Crippen molar-refractivity contribution in [2.45, 2.75) is 36.5 Å². The summed E-state index contributed by atoms with van der Waals surface area (Å²) < 4.78 is 53.6. The molecular weight excluding hydrogens is 288 g/mol. The van der Waals surface area contributed by atoms with E-state index in [4.69, 9.17) is 4.74 Å². The van der Waals surface area contributed by atoms with Crippen molar-refractivity contribution in [3.8, 4) is 0 Å². The van der Waals surface area contributed by atoms with Crippen molar-refractivity contribution in [3.05, 3.63) is 24.3 Å². The van der Waals surface area contributed by atoms with Crippen LogP contribution in [0.4, 0.5) is 14.5 Å². The van der Waals surface area contributed by atoms with Gasteiger partial charge in [-0.05, 0) is 18.6 Å². The van der Waals surface area contributed by atoms with Crippen LogP contribution in [0.5, 0.6) is 0 Å². The number of halogens is 2. The molecule has 4 nitrogen and oxygen atoms in total. The Balaban J connectivity index is 3.07. The largest absolute Gasteiger partial charge is 0.383 e. The minimum absolute atomic E-state index is 0.126. The molecular formula is C13H19F2NO3S. The summed E-state index contributed by atoms with van der Waals surface area (Å²) >= 11 is 0. The maximum atomic E-state index is 12.7. The highest BCUT2D eigenvalue weighted by atomic mass is 32.2. The summed E-state index contributed by atoms with van der Waals surface area (Å²) in [4.78, 5) is -0.382. The molecule has 1 atom stereocenters. The van der Waals surface area contributed by atoms with Crippen molar-refractivity contribution in [2.75, 3.05) is 19.0 Å². The lowest BCUT2D eigenvalue weighted by Gasteiger charge is -2.20. The number of alkyl halides is 2. The maximum absolute atomic E-state index is 12.7. The van der Waals surface area contributed by atoms with E-state index in [0.29, 0.717) is 6.61 Å². The van der Waals surface area contributed by atoms with Crippen molar-refractivity contribution in [1.82, 2.24) is 0 Å². The second kappa shape index (κ2) is 7.54. The lowest BCUT2D eigenvalue weighted by atomic mass is 10.1. The SMILES string of the molecule is CCCC(COC)Nc1ccccc1S(=O)(=O)C(F)F. The first-order valence-electron chi connectivity index (χ1n) is 6.30. The molecule has 0 saturated heterocycles. The molecule has 114 valence electrons. The highest BCUT2D eigenvalue weighted by molar-refractivity contribution is 7.91. The summed E-state index contributed by atoms with van der Waals surface area (Å²) in [6.45, 7) is 2.35. The standard InChI is InChI=1S/C13H19F2NO3S/c1-3-6-10(9-19-2)16-11-7-4-5-8-12(11)20(17,18)13(14)15/h4-5,7-8,10,13,16H,3,6,9H2,1-2H3. The van der Waals surface area contributed by atoms with Crippen LogP contribution in [0.1, 0.15) is 19.8 Å². The fourth-order valence-electron chi connectivity index (χ4n) is 1.90. The lowest BCUT2D eigenvalue weighted by molar-refractivity contribution is 0.182. The van der Waals surface area contributed by atoms with E-state index in [0.717, 1.165) is 12.8 Å². The molecule has 0 saturated carbocycles. The monoisotopic (exact) mass is 307 g/mol. The Labute approximate surface area is 118 Å². The van der Waals surface area contributed by atoms with Crippen LogP contribution in [-0.2, 0) is 14.6 Å². The zero-order valence-electron chi connectivity index (χ0n) is 11.5. The van der Waals surface area contributed by atoms with Gasteiger partial charge in [0.25, 0.3) is 0 Å². The summed E-state index contributed by atoms with van der Waals surface area (Å²) in [6, 6.07) is 5.56. The van der Waals surface area contributed by atoms with Gasteiger partial charge in [-0.1, -0.05) is 25.5 Å². The quantitative estimate of drug-likeness (QED) is 0.802. The predicted molar refractivity (Wildman–Crippen MR) is 73.8 cm³/mol. The molecule has 0 aliphatic carbocycles. The van der Waals surface area contributed by atoms with E-state index < -0.39 is 15.6 Å². The van der Waals surface area contributed by atoms with Crippen LogP contribution in [0.3, 0.4) is 0 Å². The summed E-state index contributed by atoms with van der Waals surface area (Å²) in [6.07, 6.45) is 1.61. The number of anilines is 1. The van der Waals surface area contributed by atoms with Crippen molar-refractivity contribution < 1.29 is 21.9 Å². The van der Waals surface area contributed by atoms with E-state index in [1.54, 1.807) is 6.07 Å². The molecule has 1 unspecified atom stereocenters. The summed E-state index contributed by atoms with van der Waals surface area (Å²) in [5.41, 5.74) is 0.184. The molecule has 20 heavy (non-hydrogen) atoms. The Hall–Kier alpha value is -1.21. The Bertz CT molecular complexity index is 514. The number of hydrogen-bond donors (Lipinski definition) is 1. The lowest BCUT2D eigenvalue weighted by Crippen LogP contribution is -2.26. The van der Waals surface area contributed by atoms with Crippen LogP contribution in [0, 0.1) is 0 Å². The molecule has 1 N–H and O–H groups in total. The zero-order valence-corrected chi connectivity index (χ0v) is 12.3. The van der Waals surface area contributed by atoms with Gasteiger partial charge in [0.05, 0.1) is 17.2 Å². The molecule has 0 spiro atoms. The van der Waals surface area contributed by atoms with E-state index >= 15 is 0 Å². The summed E-state index contributed by atoms with van der Waals surface area (Å²) in [7, 11) is -3.09. The summed E-state index contributed by atoms with van der Waals surface area (Å²) in [5.74, 6) is -3.43. The topological polar surface area (TPSA) is 55.4 Å². The van der Waals surface area contributed by atoms with Crippen LogP contribution < -0.4 is 5.32 Å². The van der Waals surface area contributed by atoms with E-state index in [1.807, 2.05) is 6.92 Å². The van der Waals surface area contributed by atoms with Gasteiger partial charge in [0, 0.05) is 13.2 Å². The van der Waals surface area contributed by atoms with Gasteiger partial charge in [-0.2, -0.15) is 8.78 Å². The number of rotatable bonds is 8. The number of benzene rings is 1. The number of ether oxygens (including phenoxy) is 1. The van der Waals surface area contributed by atoms with E-state index in [2.05, 4.69) is 5.32 Å². The van der Waals surface area contributed by atoms with Crippen molar-refractivity contribution in [3.63, 3.8) is 0 Å². The third kappa shape index (κ3) is 4.14. The first kappa shape index (κ1) is 16.8. The number of sulfone groups is 1. The number of methoxy groups -OCH3 is 1. The van der Waals surface area contributed by atoms with E-state index in [-0.39, 0.29) is 16.6 Å². The van der Waals surface area contributed by atoms with Crippen LogP contribution in [0.15, 0.2) is 29.2 Å². The van der Waals surface area contributed by atoms with Crippen molar-refractivity contribution in [1.29, 1.82) is 0 Å². The molecule has 1 aromatic rings. The molecule has 0 aliphatic rings. The maximum Gasteiger partial charge on any atom is 0.341 e. The Morgan fingerprint density at radius 1 is 1.30 bits per heavy atom. The van der Waals surface area contributed by atoms with E-state index in [1.165, 1.54) is 25.3 Å². The first-order valence-corrected chi connectivity index (χ1v) is 7.84. The molecule has 7 heteroatoms. The predicted octanol–water partition coefficient (Wildman–Crippen LogP) is 2.91. The average Bonchev–Trinajstić information content (AvgIpc) is 2.39. The van der Waals surface area contributed by atoms with Gasteiger partial charge in [0.2, 0.25) is 9.84 Å². The number of hydrogen-bond acceptors (Lipinski definition) is 4. The molecule has 0 radical (unpaired) electrons. The first-order chi connectivity index (χ1) is 9.43. The summed E-state index contributed by atoms with van der Waals surface area (Å²) in [5, 5.41) is 2.97. The number of para-hydroxylation sites is 1. The number of nitrogens with one attached hydrogen (secondary N) is 1. The zero-order chi connectivity index (χ0) is 15.2. The van der Waals surface area contributed by atoms with E-state index in [9.17, 15) is 17.2 Å². The fourth-order valence-corrected chi connectivity index (χ4v) is 2.79. The highest BCUT2D eigenvalue weighted by Crippen LogP contribution is 2.27. The minimum Gasteiger partial charge on any atom is -0.383 e. The van der Waals surface area contributed by atoms with Gasteiger partial charge in [-0.25, -0.2) is 8.42 Å². The molecule has 0 aromatic heterocycles. The molecule has 1 rings (SSSR count). The van der Waals surface area contributed by atoms with Crippen LogP contribution in [0.25, 0.3) is 0 Å². The molecule has 0 fully saturated rings. The smallest absolute Gasteiger partial charge is 0.341 e. The van der Waals surface area contributed by atoms with Crippen molar-refractivity contribution >= 4 is 15.5 Å². The van der Waals surface area contributed by atoms with Gasteiger partial charge >= 0.3 is 5.76 Å². The molecule has 0 bridgehead atoms. The second-order valence-corrected chi connectivity index (χ2v) is 6.27. The van der Waals surface area contributed by atoms with Gasteiger partial charge in [0.15, 0.2) is 0 Å². The second-order valence-electron chi connectivity index (χ2n) is 4.39. The molecule has 0 amide bonds. The molecule has 0 heterocycles. The highest BCUT2D eigenvalue weighted by Gasteiger charge is 2.29. The van der Waals surface area contributed by atoms with Gasteiger partial charge < -0.3 is 10.1 Å². The van der Waals surface area contributed by atoms with Gasteiger partial charge in [0.1, 0.15) is 0 Å². The normalized spacial score (nSPS) is 13.4. The van der Waals surface area contributed by atoms with Gasteiger partial charge in [-0.3, -0.25) is 0 Å². The van der Waals surface area contributed by atoms with Crippen LogP contribution in [0.2, 0.25) is 0 Å². The van der Waals surface area contributed by atoms with Gasteiger partial charge in [-0.15, -0.1) is 0 Å². The van der Waals surface area contributed by atoms with Crippen LogP contribution in [-0.4, -0.2) is 33.9 Å². The van der Waals surface area contributed by atoms with Crippen molar-refractivity contribution in [2.24, 2.45) is 0 Å². The Morgan fingerprint density at radius 3 is 2.50 bits per heavy atom. The Morgan fingerprint density at radius 2 is 1.95 bits per heavy atom. The third-order valence-corrected chi connectivity index (χ3v) is 4.23. The fraction of sp³-hybridized carbons (Fsp3) is 0.538.